The zero-order chi connectivity index (χ0) is 17.0. The summed E-state index contributed by atoms with van der Waals surface area (Å²) >= 11 is 0. The minimum absolute atomic E-state index is 0. The molecule has 0 spiro atoms. The molecule has 0 radical (unpaired) electrons. The van der Waals surface area contributed by atoms with Crippen LogP contribution in [0.2, 0.25) is 0 Å². The SMILES string of the molecule is CC(CN)CNC(=O)C1CCN(c2ccc(C(C)C)cc2)C1=O.Cl. The third kappa shape index (κ3) is 4.71. The lowest BCUT2D eigenvalue weighted by atomic mass is 10.0. The van der Waals surface area contributed by atoms with Crippen LogP contribution in [-0.4, -0.2) is 31.4 Å². The molecule has 0 aliphatic carbocycles. The van der Waals surface area contributed by atoms with E-state index in [1.165, 1.54) is 5.56 Å². The maximum atomic E-state index is 12.5. The maximum absolute atomic E-state index is 12.5. The minimum atomic E-state index is -0.579. The zero-order valence-electron chi connectivity index (χ0n) is 14.6. The first-order valence-corrected chi connectivity index (χ1v) is 8.33. The van der Waals surface area contributed by atoms with Gasteiger partial charge in [-0.3, -0.25) is 9.59 Å². The smallest absolute Gasteiger partial charge is 0.239 e. The van der Waals surface area contributed by atoms with Crippen LogP contribution in [-0.2, 0) is 9.59 Å². The number of amides is 2. The highest BCUT2D eigenvalue weighted by Crippen LogP contribution is 2.27. The van der Waals surface area contributed by atoms with Crippen molar-refractivity contribution >= 4 is 29.9 Å². The highest BCUT2D eigenvalue weighted by atomic mass is 35.5. The average molecular weight is 354 g/mol. The number of nitrogens with one attached hydrogen (secondary N) is 1. The number of halogens is 1. The molecule has 6 heteroatoms. The summed E-state index contributed by atoms with van der Waals surface area (Å²) in [5.74, 6) is -0.196. The number of anilines is 1. The summed E-state index contributed by atoms with van der Waals surface area (Å²) in [6, 6.07) is 8.02. The minimum Gasteiger partial charge on any atom is -0.355 e. The van der Waals surface area contributed by atoms with E-state index in [1.54, 1.807) is 4.90 Å². The molecule has 3 N–H and O–H groups in total. The van der Waals surface area contributed by atoms with Crippen LogP contribution in [0.25, 0.3) is 0 Å². The van der Waals surface area contributed by atoms with E-state index in [2.05, 4.69) is 19.2 Å². The van der Waals surface area contributed by atoms with Gasteiger partial charge in [0.25, 0.3) is 0 Å². The standard InChI is InChI=1S/C18H27N3O2.ClH/c1-12(2)14-4-6-15(7-5-14)21-9-8-16(18(21)23)17(22)20-11-13(3)10-19;/h4-7,12-13,16H,8-11,19H2,1-3H3,(H,20,22);1H. The lowest BCUT2D eigenvalue weighted by Crippen LogP contribution is -2.39. The normalized spacial score (nSPS) is 18.5. The van der Waals surface area contributed by atoms with Gasteiger partial charge in [0.05, 0.1) is 0 Å². The number of benzene rings is 1. The molecule has 134 valence electrons. The number of hydrogen-bond donors (Lipinski definition) is 2. The van der Waals surface area contributed by atoms with Gasteiger partial charge in [-0.1, -0.05) is 32.9 Å². The quantitative estimate of drug-likeness (QED) is 0.770. The molecular formula is C18H28ClN3O2. The molecule has 0 saturated carbocycles. The van der Waals surface area contributed by atoms with Crippen molar-refractivity contribution in [2.45, 2.75) is 33.1 Å². The number of carbonyl (C=O) groups is 2. The molecule has 0 aromatic heterocycles. The summed E-state index contributed by atoms with van der Waals surface area (Å²) in [6.07, 6.45) is 0.563. The zero-order valence-corrected chi connectivity index (χ0v) is 15.4. The van der Waals surface area contributed by atoms with Gasteiger partial charge in [0.15, 0.2) is 0 Å². The van der Waals surface area contributed by atoms with E-state index in [4.69, 9.17) is 5.73 Å². The van der Waals surface area contributed by atoms with E-state index in [0.29, 0.717) is 32.0 Å². The first kappa shape index (κ1) is 20.5. The molecule has 1 fully saturated rings. The Labute approximate surface area is 150 Å². The Morgan fingerprint density at radius 2 is 1.92 bits per heavy atom. The summed E-state index contributed by atoms with van der Waals surface area (Å²) in [4.78, 5) is 26.4. The number of carbonyl (C=O) groups excluding carboxylic acids is 2. The van der Waals surface area contributed by atoms with Crippen molar-refractivity contribution < 1.29 is 9.59 Å². The number of nitrogens with zero attached hydrogens (tertiary/aromatic N) is 1. The van der Waals surface area contributed by atoms with Gasteiger partial charge in [-0.25, -0.2) is 0 Å². The molecule has 24 heavy (non-hydrogen) atoms. The Kier molecular flexibility index (Phi) is 7.70. The van der Waals surface area contributed by atoms with Gasteiger partial charge in [0, 0.05) is 18.8 Å². The van der Waals surface area contributed by atoms with Crippen LogP contribution in [0.15, 0.2) is 24.3 Å². The third-order valence-corrected chi connectivity index (χ3v) is 4.42. The largest absolute Gasteiger partial charge is 0.355 e. The van der Waals surface area contributed by atoms with Crippen molar-refractivity contribution in [3.05, 3.63) is 29.8 Å². The van der Waals surface area contributed by atoms with Gasteiger partial charge in [-0.15, -0.1) is 12.4 Å². The van der Waals surface area contributed by atoms with Crippen LogP contribution < -0.4 is 16.0 Å². The Hall–Kier alpha value is -1.59. The lowest BCUT2D eigenvalue weighted by molar-refractivity contribution is -0.132. The maximum Gasteiger partial charge on any atom is 0.239 e. The third-order valence-electron chi connectivity index (χ3n) is 4.42. The fourth-order valence-electron chi connectivity index (χ4n) is 2.70. The fourth-order valence-corrected chi connectivity index (χ4v) is 2.70. The topological polar surface area (TPSA) is 75.4 Å². The van der Waals surface area contributed by atoms with Crippen molar-refractivity contribution in [2.75, 3.05) is 24.5 Å². The highest BCUT2D eigenvalue weighted by Gasteiger charge is 2.37. The summed E-state index contributed by atoms with van der Waals surface area (Å²) in [5, 5.41) is 2.84. The molecule has 2 amide bonds. The van der Waals surface area contributed by atoms with Crippen molar-refractivity contribution in [3.63, 3.8) is 0 Å². The predicted molar refractivity (Wildman–Crippen MR) is 99.5 cm³/mol. The first-order valence-electron chi connectivity index (χ1n) is 8.33. The molecule has 1 aromatic carbocycles. The van der Waals surface area contributed by atoms with Gasteiger partial charge in [-0.2, -0.15) is 0 Å². The first-order chi connectivity index (χ1) is 10.9. The van der Waals surface area contributed by atoms with E-state index < -0.39 is 5.92 Å². The average Bonchev–Trinajstić information content (AvgIpc) is 2.94. The predicted octanol–water partition coefficient (Wildman–Crippen LogP) is 2.30. The Balaban J connectivity index is 0.00000288. The molecule has 1 saturated heterocycles. The second-order valence-corrected chi connectivity index (χ2v) is 6.66. The molecule has 1 heterocycles. The van der Waals surface area contributed by atoms with E-state index in [1.807, 2.05) is 31.2 Å². The Morgan fingerprint density at radius 3 is 2.46 bits per heavy atom. The second kappa shape index (κ2) is 9.04. The Morgan fingerprint density at radius 1 is 1.29 bits per heavy atom. The van der Waals surface area contributed by atoms with Gasteiger partial charge in [0.1, 0.15) is 5.92 Å². The number of hydrogen-bond acceptors (Lipinski definition) is 3. The van der Waals surface area contributed by atoms with Crippen molar-refractivity contribution in [1.29, 1.82) is 0 Å². The summed E-state index contributed by atoms with van der Waals surface area (Å²) in [7, 11) is 0. The molecule has 1 aliphatic rings. The van der Waals surface area contributed by atoms with Crippen molar-refractivity contribution in [1.82, 2.24) is 5.32 Å². The fraction of sp³-hybridized carbons (Fsp3) is 0.556. The molecular weight excluding hydrogens is 326 g/mol. The monoisotopic (exact) mass is 353 g/mol. The van der Waals surface area contributed by atoms with Crippen LogP contribution in [0.3, 0.4) is 0 Å². The summed E-state index contributed by atoms with van der Waals surface area (Å²) < 4.78 is 0. The molecule has 2 atom stereocenters. The van der Waals surface area contributed by atoms with Crippen LogP contribution in [0.1, 0.15) is 38.7 Å². The van der Waals surface area contributed by atoms with Crippen molar-refractivity contribution in [3.8, 4) is 0 Å². The second-order valence-electron chi connectivity index (χ2n) is 6.66. The lowest BCUT2D eigenvalue weighted by Gasteiger charge is -2.18. The van der Waals surface area contributed by atoms with E-state index in [-0.39, 0.29) is 30.1 Å². The van der Waals surface area contributed by atoms with Gasteiger partial charge in [-0.05, 0) is 42.5 Å². The number of rotatable bonds is 6. The highest BCUT2D eigenvalue weighted by molar-refractivity contribution is 6.09. The molecule has 0 bridgehead atoms. The molecule has 2 unspecified atom stereocenters. The van der Waals surface area contributed by atoms with Gasteiger partial charge in [0.2, 0.25) is 11.8 Å². The molecule has 1 aliphatic heterocycles. The number of nitrogens with two attached hydrogens (primary N) is 1. The van der Waals surface area contributed by atoms with Crippen LogP contribution in [0.4, 0.5) is 5.69 Å². The van der Waals surface area contributed by atoms with Crippen LogP contribution in [0, 0.1) is 11.8 Å². The molecule has 1 aromatic rings. The summed E-state index contributed by atoms with van der Waals surface area (Å²) in [6.45, 7) is 7.87. The van der Waals surface area contributed by atoms with E-state index in [0.717, 1.165) is 5.69 Å². The van der Waals surface area contributed by atoms with Crippen LogP contribution >= 0.6 is 12.4 Å². The summed E-state index contributed by atoms with van der Waals surface area (Å²) in [5.41, 5.74) is 7.65. The molecule has 5 nitrogen and oxygen atoms in total. The van der Waals surface area contributed by atoms with E-state index >= 15 is 0 Å². The van der Waals surface area contributed by atoms with E-state index in [9.17, 15) is 9.59 Å². The Bertz CT molecular complexity index is 560. The van der Waals surface area contributed by atoms with Crippen LogP contribution in [0.5, 0.6) is 0 Å². The molecule has 2 rings (SSSR count). The van der Waals surface area contributed by atoms with Gasteiger partial charge >= 0.3 is 0 Å². The van der Waals surface area contributed by atoms with Crippen molar-refractivity contribution in [2.24, 2.45) is 17.6 Å². The van der Waals surface area contributed by atoms with Gasteiger partial charge < -0.3 is 16.0 Å².